The molecule has 2 aliphatic rings. The van der Waals surface area contributed by atoms with E-state index in [0.29, 0.717) is 17.0 Å². The van der Waals surface area contributed by atoms with E-state index in [9.17, 15) is 8.60 Å². The first kappa shape index (κ1) is 16.9. The van der Waals surface area contributed by atoms with Gasteiger partial charge in [0.2, 0.25) is 0 Å². The first-order valence-corrected chi connectivity index (χ1v) is 9.85. The maximum Gasteiger partial charge on any atom is 0.497 e. The third-order valence-corrected chi connectivity index (χ3v) is 7.34. The zero-order chi connectivity index (χ0) is 16.9. The van der Waals surface area contributed by atoms with Crippen LogP contribution >= 0.6 is 0 Å². The molecule has 0 aliphatic carbocycles. The van der Waals surface area contributed by atoms with E-state index in [1.165, 1.54) is 0 Å². The van der Waals surface area contributed by atoms with Crippen molar-refractivity contribution in [2.45, 2.75) is 51.7 Å². The summed E-state index contributed by atoms with van der Waals surface area (Å²) >= 11 is 0. The van der Waals surface area contributed by atoms with Crippen LogP contribution in [0.3, 0.4) is 0 Å². The molecule has 2 saturated heterocycles. The van der Waals surface area contributed by atoms with Crippen LogP contribution in [0, 0.1) is 5.82 Å². The fraction of sp³-hybridized carbons (Fsp3) is 0.625. The van der Waals surface area contributed by atoms with Crippen LogP contribution in [0.1, 0.15) is 40.5 Å². The van der Waals surface area contributed by atoms with Gasteiger partial charge in [-0.1, -0.05) is 12.1 Å². The van der Waals surface area contributed by atoms with Crippen LogP contribution < -0.4 is 5.46 Å². The zero-order valence-corrected chi connectivity index (χ0v) is 14.9. The van der Waals surface area contributed by atoms with E-state index >= 15 is 0 Å². The van der Waals surface area contributed by atoms with E-state index in [1.54, 1.807) is 18.2 Å². The molecule has 0 radical (unpaired) electrons. The minimum absolute atomic E-state index is 0.143. The summed E-state index contributed by atoms with van der Waals surface area (Å²) in [7, 11) is -3.09. The Bertz CT molecular complexity index is 713. The van der Waals surface area contributed by atoms with Crippen molar-refractivity contribution in [1.82, 2.24) is 0 Å². The van der Waals surface area contributed by atoms with Crippen LogP contribution in [-0.4, -0.2) is 34.0 Å². The summed E-state index contributed by atoms with van der Waals surface area (Å²) in [6, 6.07) is 4.91. The molecule has 3 rings (SSSR count). The molecular weight excluding hydrogens is 316 g/mol. The van der Waals surface area contributed by atoms with E-state index in [1.807, 2.05) is 27.7 Å². The summed E-state index contributed by atoms with van der Waals surface area (Å²) in [5.74, 6) is 0.598. The quantitative estimate of drug-likeness (QED) is 0.778. The van der Waals surface area contributed by atoms with Gasteiger partial charge in [0.05, 0.1) is 20.9 Å². The molecule has 0 amide bonds. The maximum absolute atomic E-state index is 14.9. The first-order valence-electron chi connectivity index (χ1n) is 8.00. The summed E-state index contributed by atoms with van der Waals surface area (Å²) in [6.07, 6.45) is 1.78. The fourth-order valence-electron chi connectivity index (χ4n) is 2.79. The van der Waals surface area contributed by atoms with Crippen LogP contribution in [0.25, 0.3) is 0 Å². The second kappa shape index (κ2) is 5.57. The van der Waals surface area contributed by atoms with Gasteiger partial charge in [-0.15, -0.1) is 0 Å². The van der Waals surface area contributed by atoms with E-state index in [4.69, 9.17) is 9.31 Å². The van der Waals surface area contributed by atoms with Gasteiger partial charge in [-0.05, 0) is 46.6 Å². The number of hydrogen-bond donors (Lipinski definition) is 0. The fourth-order valence-corrected chi connectivity index (χ4v) is 4.98. The molecule has 0 N–H and O–H groups in total. The first-order chi connectivity index (χ1) is 10.6. The molecule has 0 spiro atoms. The van der Waals surface area contributed by atoms with Gasteiger partial charge < -0.3 is 9.31 Å². The van der Waals surface area contributed by atoms with E-state index in [-0.39, 0.29) is 5.69 Å². The molecule has 2 heterocycles. The van der Waals surface area contributed by atoms with Crippen LogP contribution in [0.15, 0.2) is 22.6 Å². The lowest BCUT2D eigenvalue weighted by Gasteiger charge is -2.32. The highest BCUT2D eigenvalue weighted by Crippen LogP contribution is 2.37. The highest BCUT2D eigenvalue weighted by Gasteiger charge is 2.52. The topological polar surface area (TPSA) is 47.9 Å². The molecule has 2 aliphatic heterocycles. The molecule has 0 aromatic heterocycles. The molecular formula is C16H23BFNO3S. The number of benzene rings is 1. The SMILES string of the molecule is CC1(C)OB(c2cccc(N=S3(=O)CCCC3)c2F)OC1(C)C. The Morgan fingerprint density at radius 2 is 1.70 bits per heavy atom. The highest BCUT2D eigenvalue weighted by atomic mass is 32.2. The molecule has 0 atom stereocenters. The largest absolute Gasteiger partial charge is 0.497 e. The van der Waals surface area contributed by atoms with Crippen molar-refractivity contribution < 1.29 is 17.9 Å². The van der Waals surface area contributed by atoms with Crippen molar-refractivity contribution in [2.75, 3.05) is 11.5 Å². The van der Waals surface area contributed by atoms with Crippen LogP contribution in [0.2, 0.25) is 0 Å². The average Bonchev–Trinajstić information content (AvgIpc) is 2.94. The Morgan fingerprint density at radius 3 is 2.26 bits per heavy atom. The highest BCUT2D eigenvalue weighted by molar-refractivity contribution is 7.93. The maximum atomic E-state index is 14.9. The van der Waals surface area contributed by atoms with E-state index in [2.05, 4.69) is 4.36 Å². The molecule has 1 aromatic rings. The number of hydrogen-bond acceptors (Lipinski definition) is 4. The molecule has 2 fully saturated rings. The lowest BCUT2D eigenvalue weighted by Crippen LogP contribution is -2.41. The average molecular weight is 339 g/mol. The normalized spacial score (nSPS) is 24.8. The zero-order valence-electron chi connectivity index (χ0n) is 14.1. The lowest BCUT2D eigenvalue weighted by atomic mass is 9.78. The minimum Gasteiger partial charge on any atom is -0.399 e. The van der Waals surface area contributed by atoms with Gasteiger partial charge >= 0.3 is 7.12 Å². The molecule has 1 aromatic carbocycles. The van der Waals surface area contributed by atoms with E-state index < -0.39 is 33.9 Å². The second-order valence-electron chi connectivity index (χ2n) is 7.25. The van der Waals surface area contributed by atoms with Crippen molar-refractivity contribution in [1.29, 1.82) is 0 Å². The molecule has 7 heteroatoms. The lowest BCUT2D eigenvalue weighted by molar-refractivity contribution is 0.00578. The minimum atomic E-state index is -2.31. The molecule has 23 heavy (non-hydrogen) atoms. The van der Waals surface area contributed by atoms with Gasteiger partial charge in [0, 0.05) is 17.0 Å². The Morgan fingerprint density at radius 1 is 1.13 bits per heavy atom. The summed E-state index contributed by atoms with van der Waals surface area (Å²) < 4.78 is 43.5. The van der Waals surface area contributed by atoms with Gasteiger partial charge in [-0.3, -0.25) is 0 Å². The predicted octanol–water partition coefficient (Wildman–Crippen LogP) is 3.02. The molecule has 0 bridgehead atoms. The summed E-state index contributed by atoms with van der Waals surface area (Å²) in [6.45, 7) is 7.70. The number of nitrogens with zero attached hydrogens (tertiary/aromatic N) is 1. The molecule has 0 saturated carbocycles. The van der Waals surface area contributed by atoms with Crippen LogP contribution in [0.4, 0.5) is 10.1 Å². The van der Waals surface area contributed by atoms with Crippen molar-refractivity contribution in [2.24, 2.45) is 4.36 Å². The van der Waals surface area contributed by atoms with Gasteiger partial charge in [0.15, 0.2) is 0 Å². The Balaban J connectivity index is 1.97. The van der Waals surface area contributed by atoms with Gasteiger partial charge in [-0.2, -0.15) is 4.36 Å². The Labute approximate surface area is 138 Å². The molecule has 4 nitrogen and oxygen atoms in total. The predicted molar refractivity (Wildman–Crippen MR) is 91.3 cm³/mol. The van der Waals surface area contributed by atoms with Crippen molar-refractivity contribution >= 4 is 28.0 Å². The van der Waals surface area contributed by atoms with Crippen molar-refractivity contribution in [3.8, 4) is 0 Å². The third kappa shape index (κ3) is 3.06. The van der Waals surface area contributed by atoms with E-state index in [0.717, 1.165) is 12.8 Å². The Kier molecular flexibility index (Phi) is 4.10. The van der Waals surface area contributed by atoms with Crippen molar-refractivity contribution in [3.63, 3.8) is 0 Å². The van der Waals surface area contributed by atoms with Crippen LogP contribution in [-0.2, 0) is 19.0 Å². The number of halogens is 1. The van der Waals surface area contributed by atoms with Crippen LogP contribution in [0.5, 0.6) is 0 Å². The smallest absolute Gasteiger partial charge is 0.399 e. The number of rotatable bonds is 2. The standard InChI is InChI=1S/C16H23BFNO3S/c1-15(2)16(3,4)22-17(21-15)12-8-7-9-13(14(12)18)19-23(20)10-5-6-11-23/h7-9H,5-6,10-11H2,1-4H3. The summed E-state index contributed by atoms with van der Waals surface area (Å²) in [5.41, 5.74) is -0.614. The third-order valence-electron chi connectivity index (χ3n) is 4.96. The summed E-state index contributed by atoms with van der Waals surface area (Å²) in [5, 5.41) is 0. The molecule has 0 unspecified atom stereocenters. The Hall–Kier alpha value is -0.915. The van der Waals surface area contributed by atoms with Gasteiger partial charge in [0.25, 0.3) is 0 Å². The van der Waals surface area contributed by atoms with Gasteiger partial charge in [0.1, 0.15) is 11.5 Å². The molecule has 126 valence electrons. The van der Waals surface area contributed by atoms with Gasteiger partial charge in [-0.25, -0.2) is 8.60 Å². The monoisotopic (exact) mass is 339 g/mol. The summed E-state index contributed by atoms with van der Waals surface area (Å²) in [4.78, 5) is 0. The second-order valence-corrected chi connectivity index (χ2v) is 9.79. The van der Waals surface area contributed by atoms with Crippen molar-refractivity contribution in [3.05, 3.63) is 24.0 Å².